The fourth-order valence-electron chi connectivity index (χ4n) is 2.96. The van der Waals surface area contributed by atoms with Gasteiger partial charge in [0.1, 0.15) is 0 Å². The van der Waals surface area contributed by atoms with E-state index in [1.807, 2.05) is 36.6 Å². The molecule has 32 heavy (non-hydrogen) atoms. The zero-order valence-electron chi connectivity index (χ0n) is 17.9. The van der Waals surface area contributed by atoms with E-state index in [-0.39, 0.29) is 17.9 Å². The lowest BCUT2D eigenvalue weighted by Gasteiger charge is -2.12. The highest BCUT2D eigenvalue weighted by atomic mass is 32.1. The zero-order chi connectivity index (χ0) is 23.1. The molecule has 0 saturated heterocycles. The first-order valence-electron chi connectivity index (χ1n) is 9.86. The predicted molar refractivity (Wildman–Crippen MR) is 125 cm³/mol. The molecule has 2 amide bonds. The molecule has 2 aromatic carbocycles. The summed E-state index contributed by atoms with van der Waals surface area (Å²) in [6.45, 7) is 3.42. The molecule has 0 spiro atoms. The van der Waals surface area contributed by atoms with Gasteiger partial charge in [0.25, 0.3) is 0 Å². The summed E-state index contributed by atoms with van der Waals surface area (Å²) < 4.78 is 4.66. The third kappa shape index (κ3) is 6.12. The molecule has 0 aliphatic heterocycles. The van der Waals surface area contributed by atoms with Gasteiger partial charge in [0.05, 0.1) is 24.4 Å². The molecule has 7 nitrogen and oxygen atoms in total. The number of nitrogens with zero attached hydrogens (tertiary/aromatic N) is 1. The number of methoxy groups -OCH3 is 1. The van der Waals surface area contributed by atoms with E-state index in [0.717, 1.165) is 22.4 Å². The maximum absolute atomic E-state index is 12.2. The number of rotatable bonds is 7. The van der Waals surface area contributed by atoms with Crippen molar-refractivity contribution in [1.29, 1.82) is 0 Å². The number of carbonyl (C=O) groups excluding carboxylic acids is 3. The highest BCUT2D eigenvalue weighted by Crippen LogP contribution is 2.26. The molecule has 164 valence electrons. The average Bonchev–Trinajstić information content (AvgIpc) is 3.25. The Balaban J connectivity index is 1.59. The summed E-state index contributed by atoms with van der Waals surface area (Å²) in [5, 5.41) is 7.97. The Morgan fingerprint density at radius 2 is 1.75 bits per heavy atom. The fourth-order valence-corrected chi connectivity index (χ4v) is 3.68. The van der Waals surface area contributed by atoms with Crippen LogP contribution >= 0.6 is 11.3 Å². The maximum atomic E-state index is 12.2. The van der Waals surface area contributed by atoms with Crippen LogP contribution in [0, 0.1) is 0 Å². The smallest absolute Gasteiger partial charge is 0.337 e. The second-order valence-electron chi connectivity index (χ2n) is 7.02. The molecule has 0 saturated carbocycles. The van der Waals surface area contributed by atoms with Crippen LogP contribution in [0.3, 0.4) is 0 Å². The number of ether oxygens (including phenoxy) is 1. The molecule has 1 atom stereocenters. The SMILES string of the molecule is COC(=O)c1ccc(/C=C/C(=O)Nc2nc(-c3ccc(C(C)NC(C)=O)cc3)cs2)cc1. The molecule has 0 aliphatic carbocycles. The molecule has 3 aromatic rings. The number of nitrogens with one attached hydrogen (secondary N) is 2. The number of anilines is 1. The Bertz CT molecular complexity index is 1130. The van der Waals surface area contributed by atoms with Gasteiger partial charge in [-0.2, -0.15) is 0 Å². The van der Waals surface area contributed by atoms with Gasteiger partial charge in [0, 0.05) is 23.9 Å². The van der Waals surface area contributed by atoms with Gasteiger partial charge in [0.2, 0.25) is 11.8 Å². The van der Waals surface area contributed by atoms with Gasteiger partial charge in [0.15, 0.2) is 5.13 Å². The predicted octanol–water partition coefficient (Wildman–Crippen LogP) is 4.45. The number of aromatic nitrogens is 1. The summed E-state index contributed by atoms with van der Waals surface area (Å²) in [6.07, 6.45) is 3.06. The Labute approximate surface area is 190 Å². The lowest BCUT2D eigenvalue weighted by molar-refractivity contribution is -0.119. The summed E-state index contributed by atoms with van der Waals surface area (Å²) in [4.78, 5) is 39.4. The molecule has 0 bridgehead atoms. The zero-order valence-corrected chi connectivity index (χ0v) is 18.7. The van der Waals surface area contributed by atoms with Crippen molar-refractivity contribution in [3.63, 3.8) is 0 Å². The van der Waals surface area contributed by atoms with E-state index >= 15 is 0 Å². The molecule has 3 rings (SSSR count). The summed E-state index contributed by atoms with van der Waals surface area (Å²) in [6, 6.07) is 14.4. The van der Waals surface area contributed by atoms with E-state index in [2.05, 4.69) is 20.4 Å². The van der Waals surface area contributed by atoms with Crippen molar-refractivity contribution in [2.45, 2.75) is 19.9 Å². The Morgan fingerprint density at radius 1 is 1.06 bits per heavy atom. The van der Waals surface area contributed by atoms with Crippen LogP contribution in [0.2, 0.25) is 0 Å². The standard InChI is InChI=1S/C24H23N3O4S/c1-15(25-16(2)28)18-9-11-19(12-10-18)21-14-32-24(26-21)27-22(29)13-6-17-4-7-20(8-5-17)23(30)31-3/h4-15H,1-3H3,(H,25,28)(H,26,27,29)/b13-6+. The minimum atomic E-state index is -0.408. The minimum absolute atomic E-state index is 0.0738. The number of esters is 1. The molecular weight excluding hydrogens is 426 g/mol. The average molecular weight is 450 g/mol. The quantitative estimate of drug-likeness (QED) is 0.410. The Morgan fingerprint density at radius 3 is 2.38 bits per heavy atom. The third-order valence-electron chi connectivity index (χ3n) is 4.62. The molecule has 8 heteroatoms. The highest BCUT2D eigenvalue weighted by Gasteiger charge is 2.10. The highest BCUT2D eigenvalue weighted by molar-refractivity contribution is 7.14. The summed E-state index contributed by atoms with van der Waals surface area (Å²) >= 11 is 1.34. The minimum Gasteiger partial charge on any atom is -0.465 e. The molecule has 0 radical (unpaired) electrons. The molecule has 1 aromatic heterocycles. The lowest BCUT2D eigenvalue weighted by atomic mass is 10.1. The van der Waals surface area contributed by atoms with E-state index in [0.29, 0.717) is 10.7 Å². The van der Waals surface area contributed by atoms with E-state index in [1.54, 1.807) is 30.3 Å². The first-order valence-corrected chi connectivity index (χ1v) is 10.7. The van der Waals surface area contributed by atoms with Gasteiger partial charge in [-0.3, -0.25) is 14.9 Å². The van der Waals surface area contributed by atoms with Crippen LogP contribution in [0.1, 0.15) is 41.4 Å². The number of hydrogen-bond acceptors (Lipinski definition) is 6. The van der Waals surface area contributed by atoms with Crippen LogP contribution in [-0.4, -0.2) is 29.9 Å². The number of hydrogen-bond donors (Lipinski definition) is 2. The molecule has 0 fully saturated rings. The van der Waals surface area contributed by atoms with Crippen molar-refractivity contribution in [2.75, 3.05) is 12.4 Å². The largest absolute Gasteiger partial charge is 0.465 e. The van der Waals surface area contributed by atoms with Crippen molar-refractivity contribution in [3.05, 3.63) is 76.7 Å². The Kier molecular flexibility index (Phi) is 7.51. The van der Waals surface area contributed by atoms with Crippen molar-refractivity contribution >= 4 is 40.3 Å². The van der Waals surface area contributed by atoms with Gasteiger partial charge in [-0.15, -0.1) is 11.3 Å². The van der Waals surface area contributed by atoms with Gasteiger partial charge < -0.3 is 10.1 Å². The fraction of sp³-hybridized carbons (Fsp3) is 0.167. The summed E-state index contributed by atoms with van der Waals surface area (Å²) in [5.74, 6) is -0.786. The van der Waals surface area contributed by atoms with Crippen LogP contribution in [-0.2, 0) is 14.3 Å². The molecule has 1 unspecified atom stereocenters. The van der Waals surface area contributed by atoms with Gasteiger partial charge >= 0.3 is 5.97 Å². The van der Waals surface area contributed by atoms with Crippen LogP contribution < -0.4 is 10.6 Å². The second-order valence-corrected chi connectivity index (χ2v) is 7.88. The first kappa shape index (κ1) is 22.9. The summed E-state index contributed by atoms with van der Waals surface area (Å²) in [5.41, 5.74) is 3.90. The number of benzene rings is 2. The normalized spacial score (nSPS) is 11.7. The summed E-state index contributed by atoms with van der Waals surface area (Å²) in [7, 11) is 1.33. The van der Waals surface area contributed by atoms with E-state index in [4.69, 9.17) is 0 Å². The van der Waals surface area contributed by atoms with Crippen LogP contribution in [0.15, 0.2) is 60.0 Å². The third-order valence-corrected chi connectivity index (χ3v) is 5.38. The van der Waals surface area contributed by atoms with Crippen molar-refractivity contribution in [1.82, 2.24) is 10.3 Å². The van der Waals surface area contributed by atoms with Crippen LogP contribution in [0.5, 0.6) is 0 Å². The molecular formula is C24H23N3O4S. The van der Waals surface area contributed by atoms with Gasteiger partial charge in [-0.1, -0.05) is 36.4 Å². The number of thiazole rings is 1. The first-order chi connectivity index (χ1) is 15.4. The topological polar surface area (TPSA) is 97.4 Å². The molecule has 1 heterocycles. The van der Waals surface area contributed by atoms with Crippen molar-refractivity contribution < 1.29 is 19.1 Å². The van der Waals surface area contributed by atoms with Gasteiger partial charge in [-0.05, 0) is 36.3 Å². The van der Waals surface area contributed by atoms with Gasteiger partial charge in [-0.25, -0.2) is 9.78 Å². The molecule has 0 aliphatic rings. The van der Waals surface area contributed by atoms with Crippen molar-refractivity contribution in [2.24, 2.45) is 0 Å². The van der Waals surface area contributed by atoms with E-state index in [9.17, 15) is 14.4 Å². The second kappa shape index (κ2) is 10.5. The molecule has 2 N–H and O–H groups in total. The monoisotopic (exact) mass is 449 g/mol. The van der Waals surface area contributed by atoms with E-state index in [1.165, 1.54) is 31.4 Å². The lowest BCUT2D eigenvalue weighted by Crippen LogP contribution is -2.23. The Hall–Kier alpha value is -3.78. The maximum Gasteiger partial charge on any atom is 0.337 e. The van der Waals surface area contributed by atoms with Crippen molar-refractivity contribution in [3.8, 4) is 11.3 Å². The number of carbonyl (C=O) groups is 3. The van der Waals surface area contributed by atoms with Crippen LogP contribution in [0.25, 0.3) is 17.3 Å². The van der Waals surface area contributed by atoms with Crippen LogP contribution in [0.4, 0.5) is 5.13 Å². The van der Waals surface area contributed by atoms with E-state index < -0.39 is 5.97 Å². The number of amides is 2.